The molecule has 1 aliphatic heterocycles. The van der Waals surface area contributed by atoms with Crippen LogP contribution in [-0.2, 0) is 16.1 Å². The summed E-state index contributed by atoms with van der Waals surface area (Å²) < 4.78 is 11.4. The first-order chi connectivity index (χ1) is 18.9. The second-order valence-electron chi connectivity index (χ2n) is 9.04. The highest BCUT2D eigenvalue weighted by atomic mass is 16.5. The van der Waals surface area contributed by atoms with E-state index in [9.17, 15) is 14.7 Å². The molecule has 39 heavy (non-hydrogen) atoms. The first kappa shape index (κ1) is 27.7. The molecule has 1 unspecified atom stereocenters. The van der Waals surface area contributed by atoms with Crippen LogP contribution < -0.4 is 14.4 Å². The number of nitrogens with zero attached hydrogens (tertiary/aromatic N) is 3. The summed E-state index contributed by atoms with van der Waals surface area (Å²) in [5.74, 6) is -0.785. The Hall–Kier alpha value is -4.33. The second kappa shape index (κ2) is 12.5. The van der Waals surface area contributed by atoms with E-state index >= 15 is 0 Å². The number of aliphatic hydroxyl groups excluding tert-OH is 1. The van der Waals surface area contributed by atoms with Crippen LogP contribution in [0.2, 0.25) is 0 Å². The topological polar surface area (TPSA) is 92.2 Å². The molecule has 0 bridgehead atoms. The van der Waals surface area contributed by atoms with Gasteiger partial charge in [0.05, 0.1) is 42.6 Å². The van der Waals surface area contributed by atoms with Crippen molar-refractivity contribution in [2.75, 3.05) is 31.2 Å². The number of carbonyl (C=O) groups excluding carboxylic acids is 2. The Kier molecular flexibility index (Phi) is 8.86. The lowest BCUT2D eigenvalue weighted by Crippen LogP contribution is -2.29. The highest BCUT2D eigenvalue weighted by Gasteiger charge is 2.46. The van der Waals surface area contributed by atoms with Crippen molar-refractivity contribution in [2.24, 2.45) is 0 Å². The zero-order valence-corrected chi connectivity index (χ0v) is 22.9. The Labute approximate surface area is 229 Å². The van der Waals surface area contributed by atoms with E-state index in [1.165, 1.54) is 4.90 Å². The van der Waals surface area contributed by atoms with Crippen molar-refractivity contribution in [3.8, 4) is 11.5 Å². The highest BCUT2D eigenvalue weighted by molar-refractivity contribution is 6.46. The summed E-state index contributed by atoms with van der Waals surface area (Å²) in [6, 6.07) is 17.4. The molecule has 0 radical (unpaired) electrons. The molecule has 2 aromatic carbocycles. The van der Waals surface area contributed by atoms with Crippen LogP contribution in [0.4, 0.5) is 5.69 Å². The van der Waals surface area contributed by atoms with E-state index in [2.05, 4.69) is 23.7 Å². The standard InChI is InChI=1S/C31H35N3O5/c1-5-33(6-2)23-14-12-21(13-15-23)28-27(30(36)31(37)34(28)20-22-11-9-10-18-32-22)29(35)25-17-16-24(38-7-3)19-26(25)39-8-4/h9-19,28,35H,5-8,20H2,1-4H3/b29-27-. The monoisotopic (exact) mass is 529 g/mol. The number of ketones is 1. The third-order valence-corrected chi connectivity index (χ3v) is 6.75. The third kappa shape index (κ3) is 5.74. The minimum atomic E-state index is -0.807. The summed E-state index contributed by atoms with van der Waals surface area (Å²) in [7, 11) is 0. The average Bonchev–Trinajstić information content (AvgIpc) is 3.20. The molecular weight excluding hydrogens is 494 g/mol. The molecule has 4 rings (SSSR count). The molecule has 8 nitrogen and oxygen atoms in total. The van der Waals surface area contributed by atoms with Gasteiger partial charge in [-0.25, -0.2) is 0 Å². The number of ether oxygens (including phenoxy) is 2. The van der Waals surface area contributed by atoms with Gasteiger partial charge >= 0.3 is 0 Å². The molecule has 2 heterocycles. The molecule has 1 saturated heterocycles. The summed E-state index contributed by atoms with van der Waals surface area (Å²) in [6.07, 6.45) is 1.65. The van der Waals surface area contributed by atoms with Gasteiger partial charge in [-0.1, -0.05) is 18.2 Å². The maximum atomic E-state index is 13.5. The zero-order chi connectivity index (χ0) is 27.9. The van der Waals surface area contributed by atoms with Gasteiger partial charge in [0.2, 0.25) is 0 Å². The highest BCUT2D eigenvalue weighted by Crippen LogP contribution is 2.42. The Morgan fingerprint density at radius 1 is 0.949 bits per heavy atom. The van der Waals surface area contributed by atoms with Gasteiger partial charge in [0.25, 0.3) is 11.7 Å². The Bertz CT molecular complexity index is 1330. The molecule has 1 amide bonds. The molecule has 0 spiro atoms. The van der Waals surface area contributed by atoms with Gasteiger partial charge in [-0.15, -0.1) is 0 Å². The predicted octanol–water partition coefficient (Wildman–Crippen LogP) is 5.35. The number of aliphatic hydroxyl groups is 1. The molecule has 0 aliphatic carbocycles. The van der Waals surface area contributed by atoms with Gasteiger partial charge < -0.3 is 24.4 Å². The molecule has 0 saturated carbocycles. The lowest BCUT2D eigenvalue weighted by atomic mass is 9.94. The minimum Gasteiger partial charge on any atom is -0.507 e. The fourth-order valence-electron chi connectivity index (χ4n) is 4.89. The fraction of sp³-hybridized carbons (Fsp3) is 0.323. The van der Waals surface area contributed by atoms with Gasteiger partial charge in [-0.05, 0) is 69.7 Å². The van der Waals surface area contributed by atoms with E-state index in [1.807, 2.05) is 44.2 Å². The van der Waals surface area contributed by atoms with Crippen molar-refractivity contribution >= 4 is 23.1 Å². The number of hydrogen-bond donors (Lipinski definition) is 1. The van der Waals surface area contributed by atoms with Crippen molar-refractivity contribution in [1.82, 2.24) is 9.88 Å². The Morgan fingerprint density at radius 2 is 1.67 bits per heavy atom. The number of aromatic nitrogens is 1. The number of pyridine rings is 1. The maximum Gasteiger partial charge on any atom is 0.296 e. The molecule has 1 N–H and O–H groups in total. The van der Waals surface area contributed by atoms with Crippen LogP contribution in [0.5, 0.6) is 11.5 Å². The first-order valence-corrected chi connectivity index (χ1v) is 13.4. The number of carbonyl (C=O) groups is 2. The summed E-state index contributed by atoms with van der Waals surface area (Å²) in [5, 5.41) is 11.6. The molecule has 1 atom stereocenters. The van der Waals surface area contributed by atoms with Gasteiger partial charge in [-0.3, -0.25) is 14.6 Å². The molecule has 1 aliphatic rings. The van der Waals surface area contributed by atoms with Crippen LogP contribution in [-0.4, -0.2) is 53.0 Å². The number of Topliss-reactive ketones (excluding diaryl/α,β-unsaturated/α-hetero) is 1. The molecule has 1 fully saturated rings. The van der Waals surface area contributed by atoms with Crippen LogP contribution in [0.1, 0.15) is 50.6 Å². The Balaban J connectivity index is 1.86. The van der Waals surface area contributed by atoms with Crippen molar-refractivity contribution in [2.45, 2.75) is 40.3 Å². The lowest BCUT2D eigenvalue weighted by Gasteiger charge is -2.26. The largest absolute Gasteiger partial charge is 0.507 e. The van der Waals surface area contributed by atoms with E-state index < -0.39 is 17.7 Å². The van der Waals surface area contributed by atoms with Crippen LogP contribution in [0.3, 0.4) is 0 Å². The van der Waals surface area contributed by atoms with Crippen molar-refractivity contribution in [3.05, 3.63) is 89.3 Å². The number of likely N-dealkylation sites (tertiary alicyclic amines) is 1. The second-order valence-corrected chi connectivity index (χ2v) is 9.04. The smallest absolute Gasteiger partial charge is 0.296 e. The SMILES string of the molecule is CCOc1ccc(/C(O)=C2/C(=O)C(=O)N(Cc3ccccn3)C2c2ccc(N(CC)CC)cc2)c(OCC)c1. The number of anilines is 1. The first-order valence-electron chi connectivity index (χ1n) is 13.4. The fourth-order valence-corrected chi connectivity index (χ4v) is 4.89. The van der Waals surface area contributed by atoms with Crippen molar-refractivity contribution in [1.29, 1.82) is 0 Å². The molecule has 8 heteroatoms. The quantitative estimate of drug-likeness (QED) is 0.203. The third-order valence-electron chi connectivity index (χ3n) is 6.75. The number of rotatable bonds is 11. The summed E-state index contributed by atoms with van der Waals surface area (Å²) in [5.41, 5.74) is 2.72. The van der Waals surface area contributed by atoms with Crippen LogP contribution in [0.15, 0.2) is 72.4 Å². The number of benzene rings is 2. The van der Waals surface area contributed by atoms with Gasteiger partial charge in [-0.2, -0.15) is 0 Å². The van der Waals surface area contributed by atoms with E-state index in [0.717, 1.165) is 18.8 Å². The van der Waals surface area contributed by atoms with E-state index in [4.69, 9.17) is 9.47 Å². The van der Waals surface area contributed by atoms with Gasteiger partial charge in [0, 0.05) is 31.0 Å². The maximum absolute atomic E-state index is 13.5. The van der Waals surface area contributed by atoms with Crippen molar-refractivity contribution in [3.63, 3.8) is 0 Å². The molecule has 3 aromatic rings. The van der Waals surface area contributed by atoms with Gasteiger partial charge in [0.15, 0.2) is 0 Å². The number of hydrogen-bond acceptors (Lipinski definition) is 7. The van der Waals surface area contributed by atoms with Crippen LogP contribution >= 0.6 is 0 Å². The summed E-state index contributed by atoms with van der Waals surface area (Å²) in [6.45, 7) is 10.5. The molecule has 204 valence electrons. The number of amides is 1. The Morgan fingerprint density at radius 3 is 2.28 bits per heavy atom. The average molecular weight is 530 g/mol. The molecule has 1 aromatic heterocycles. The van der Waals surface area contributed by atoms with E-state index in [1.54, 1.807) is 36.5 Å². The van der Waals surface area contributed by atoms with E-state index in [0.29, 0.717) is 41.5 Å². The predicted molar refractivity (Wildman–Crippen MR) is 151 cm³/mol. The summed E-state index contributed by atoms with van der Waals surface area (Å²) >= 11 is 0. The minimum absolute atomic E-state index is 0.0108. The lowest BCUT2D eigenvalue weighted by molar-refractivity contribution is -0.140. The summed E-state index contributed by atoms with van der Waals surface area (Å²) in [4.78, 5) is 34.9. The normalized spacial score (nSPS) is 16.4. The van der Waals surface area contributed by atoms with Crippen molar-refractivity contribution < 1.29 is 24.2 Å². The van der Waals surface area contributed by atoms with E-state index in [-0.39, 0.29) is 17.9 Å². The zero-order valence-electron chi connectivity index (χ0n) is 22.9. The van der Waals surface area contributed by atoms with Crippen LogP contribution in [0, 0.1) is 0 Å². The van der Waals surface area contributed by atoms with Crippen LogP contribution in [0.25, 0.3) is 5.76 Å². The molecular formula is C31H35N3O5. The van der Waals surface area contributed by atoms with Gasteiger partial charge in [0.1, 0.15) is 17.3 Å².